The van der Waals surface area contributed by atoms with Crippen LogP contribution in [0.4, 0.5) is 0 Å². The van der Waals surface area contributed by atoms with Gasteiger partial charge in [0.15, 0.2) is 0 Å². The van der Waals surface area contributed by atoms with Crippen LogP contribution >= 0.6 is 0 Å². The summed E-state index contributed by atoms with van der Waals surface area (Å²) in [5.41, 5.74) is 2.46. The highest BCUT2D eigenvalue weighted by Crippen LogP contribution is 2.42. The molecule has 0 aromatic heterocycles. The Morgan fingerprint density at radius 1 is 0.625 bits per heavy atom. The summed E-state index contributed by atoms with van der Waals surface area (Å²) in [5, 5.41) is 19.3. The van der Waals surface area contributed by atoms with Crippen molar-refractivity contribution in [1.29, 1.82) is 0 Å². The van der Waals surface area contributed by atoms with Crippen LogP contribution in [-0.4, -0.2) is 10.2 Å². The monoisotopic (exact) mass is 326 g/mol. The molecule has 130 valence electrons. The topological polar surface area (TPSA) is 40.5 Å². The predicted octanol–water partition coefficient (Wildman–Crippen LogP) is 6.15. The Kier molecular flexibility index (Phi) is 6.72. The molecule has 0 saturated carbocycles. The van der Waals surface area contributed by atoms with Gasteiger partial charge >= 0.3 is 0 Å². The molecule has 0 bridgehead atoms. The molecule has 0 radical (unpaired) electrons. The Bertz CT molecular complexity index is 553. The number of hydrogen-bond acceptors (Lipinski definition) is 2. The van der Waals surface area contributed by atoms with Crippen LogP contribution in [0, 0.1) is 0 Å². The Hall–Kier alpha value is -1.96. The standard InChI is InChI=1S/C22H30O2/c1-3-5-6-7-17-22(16-4-2,18-8-12-20(23)13-9-18)19-10-14-21(24)15-11-19/h8-15,23-24H,3-7,16-17H2,1-2H3. The highest BCUT2D eigenvalue weighted by molar-refractivity contribution is 5.43. The first-order valence-electron chi connectivity index (χ1n) is 9.21. The number of aromatic hydroxyl groups is 2. The molecule has 24 heavy (non-hydrogen) atoms. The van der Waals surface area contributed by atoms with Crippen molar-refractivity contribution in [2.75, 3.05) is 0 Å². The summed E-state index contributed by atoms with van der Waals surface area (Å²) in [6.45, 7) is 4.46. The largest absolute Gasteiger partial charge is 0.508 e. The van der Waals surface area contributed by atoms with E-state index >= 15 is 0 Å². The quantitative estimate of drug-likeness (QED) is 0.542. The molecule has 0 heterocycles. The summed E-state index contributed by atoms with van der Waals surface area (Å²) in [6.07, 6.45) is 8.20. The molecule has 2 rings (SSSR count). The molecule has 2 nitrogen and oxygen atoms in total. The molecule has 0 fully saturated rings. The van der Waals surface area contributed by atoms with Gasteiger partial charge in [0.1, 0.15) is 11.5 Å². The third kappa shape index (κ3) is 4.31. The molecular weight excluding hydrogens is 296 g/mol. The Morgan fingerprint density at radius 2 is 1.12 bits per heavy atom. The Labute approximate surface area is 146 Å². The highest BCUT2D eigenvalue weighted by atomic mass is 16.3. The molecule has 2 N–H and O–H groups in total. The predicted molar refractivity (Wildman–Crippen MR) is 101 cm³/mol. The molecule has 0 spiro atoms. The van der Waals surface area contributed by atoms with Crippen molar-refractivity contribution in [1.82, 2.24) is 0 Å². The van der Waals surface area contributed by atoms with Gasteiger partial charge in [0.2, 0.25) is 0 Å². The van der Waals surface area contributed by atoms with Gasteiger partial charge in [0, 0.05) is 5.41 Å². The molecule has 0 unspecified atom stereocenters. The first-order valence-corrected chi connectivity index (χ1v) is 9.21. The molecule has 0 aliphatic heterocycles. The maximum absolute atomic E-state index is 9.67. The summed E-state index contributed by atoms with van der Waals surface area (Å²) in [6, 6.07) is 15.3. The van der Waals surface area contributed by atoms with Gasteiger partial charge in [-0.05, 0) is 48.2 Å². The molecule has 0 atom stereocenters. The van der Waals surface area contributed by atoms with Crippen molar-refractivity contribution in [2.45, 2.75) is 64.2 Å². The maximum atomic E-state index is 9.67. The van der Waals surface area contributed by atoms with E-state index in [9.17, 15) is 10.2 Å². The van der Waals surface area contributed by atoms with Gasteiger partial charge in [-0.3, -0.25) is 0 Å². The SMILES string of the molecule is CCCCCCC(CCC)(c1ccc(O)cc1)c1ccc(O)cc1. The average molecular weight is 326 g/mol. The van der Waals surface area contributed by atoms with Crippen molar-refractivity contribution in [2.24, 2.45) is 0 Å². The lowest BCUT2D eigenvalue weighted by Gasteiger charge is -2.35. The van der Waals surface area contributed by atoms with Crippen LogP contribution in [0.25, 0.3) is 0 Å². The zero-order valence-electron chi connectivity index (χ0n) is 15.0. The van der Waals surface area contributed by atoms with E-state index in [4.69, 9.17) is 0 Å². The van der Waals surface area contributed by atoms with E-state index in [-0.39, 0.29) is 5.41 Å². The minimum absolute atomic E-state index is 0.0517. The average Bonchev–Trinajstić information content (AvgIpc) is 2.59. The van der Waals surface area contributed by atoms with Gasteiger partial charge in [0.25, 0.3) is 0 Å². The molecule has 2 aromatic rings. The molecule has 0 amide bonds. The second-order valence-corrected chi connectivity index (χ2v) is 6.74. The highest BCUT2D eigenvalue weighted by Gasteiger charge is 2.32. The molecule has 0 aliphatic carbocycles. The van der Waals surface area contributed by atoms with Gasteiger partial charge in [-0.1, -0.05) is 70.2 Å². The lowest BCUT2D eigenvalue weighted by atomic mass is 9.68. The molecule has 2 aromatic carbocycles. The van der Waals surface area contributed by atoms with Gasteiger partial charge in [-0.2, -0.15) is 0 Å². The van der Waals surface area contributed by atoms with Gasteiger partial charge in [-0.25, -0.2) is 0 Å². The first kappa shape index (κ1) is 18.4. The fourth-order valence-corrected chi connectivity index (χ4v) is 3.71. The van der Waals surface area contributed by atoms with Crippen LogP contribution in [0.5, 0.6) is 11.5 Å². The minimum Gasteiger partial charge on any atom is -0.508 e. The summed E-state index contributed by atoms with van der Waals surface area (Å²) >= 11 is 0. The fraction of sp³-hybridized carbons (Fsp3) is 0.455. The number of phenols is 2. The lowest BCUT2D eigenvalue weighted by Crippen LogP contribution is -2.27. The van der Waals surface area contributed by atoms with Crippen molar-refractivity contribution < 1.29 is 10.2 Å². The van der Waals surface area contributed by atoms with E-state index in [0.717, 1.165) is 19.3 Å². The van der Waals surface area contributed by atoms with Crippen LogP contribution in [0.2, 0.25) is 0 Å². The third-order valence-electron chi connectivity index (χ3n) is 4.97. The van der Waals surface area contributed by atoms with Crippen molar-refractivity contribution in [3.8, 4) is 11.5 Å². The molecule has 2 heteroatoms. The number of phenolic OH excluding ortho intramolecular Hbond substituents is 2. The van der Waals surface area contributed by atoms with Crippen LogP contribution in [0.1, 0.15) is 69.9 Å². The summed E-state index contributed by atoms with van der Waals surface area (Å²) in [5.74, 6) is 0.613. The summed E-state index contributed by atoms with van der Waals surface area (Å²) in [4.78, 5) is 0. The normalized spacial score (nSPS) is 11.6. The molecule has 0 aliphatic rings. The first-order chi connectivity index (χ1) is 11.6. The number of rotatable bonds is 9. The Morgan fingerprint density at radius 3 is 1.54 bits per heavy atom. The van der Waals surface area contributed by atoms with E-state index in [0.29, 0.717) is 11.5 Å². The second kappa shape index (κ2) is 8.77. The third-order valence-corrected chi connectivity index (χ3v) is 4.97. The zero-order valence-corrected chi connectivity index (χ0v) is 15.0. The second-order valence-electron chi connectivity index (χ2n) is 6.74. The minimum atomic E-state index is -0.0517. The Balaban J connectivity index is 2.42. The number of benzene rings is 2. The van der Waals surface area contributed by atoms with Crippen molar-refractivity contribution >= 4 is 0 Å². The summed E-state index contributed by atoms with van der Waals surface area (Å²) < 4.78 is 0. The van der Waals surface area contributed by atoms with E-state index in [1.807, 2.05) is 0 Å². The molecule has 0 saturated heterocycles. The van der Waals surface area contributed by atoms with E-state index in [2.05, 4.69) is 38.1 Å². The molecular formula is C22H30O2. The van der Waals surface area contributed by atoms with Gasteiger partial charge in [-0.15, -0.1) is 0 Å². The smallest absolute Gasteiger partial charge is 0.115 e. The lowest BCUT2D eigenvalue weighted by molar-refractivity contribution is 0.405. The maximum Gasteiger partial charge on any atom is 0.115 e. The van der Waals surface area contributed by atoms with E-state index in [1.165, 1.54) is 36.8 Å². The van der Waals surface area contributed by atoms with Gasteiger partial charge in [0.05, 0.1) is 0 Å². The van der Waals surface area contributed by atoms with E-state index in [1.54, 1.807) is 24.3 Å². The van der Waals surface area contributed by atoms with Crippen LogP contribution in [-0.2, 0) is 5.41 Å². The van der Waals surface area contributed by atoms with Crippen LogP contribution < -0.4 is 0 Å². The van der Waals surface area contributed by atoms with Crippen LogP contribution in [0.3, 0.4) is 0 Å². The number of unbranched alkanes of at least 4 members (excludes halogenated alkanes) is 3. The zero-order chi connectivity index (χ0) is 17.4. The fourth-order valence-electron chi connectivity index (χ4n) is 3.71. The van der Waals surface area contributed by atoms with Crippen LogP contribution in [0.15, 0.2) is 48.5 Å². The van der Waals surface area contributed by atoms with Gasteiger partial charge < -0.3 is 10.2 Å². The van der Waals surface area contributed by atoms with Crippen molar-refractivity contribution in [3.63, 3.8) is 0 Å². The number of hydrogen-bond donors (Lipinski definition) is 2. The summed E-state index contributed by atoms with van der Waals surface area (Å²) in [7, 11) is 0. The van der Waals surface area contributed by atoms with Crippen molar-refractivity contribution in [3.05, 3.63) is 59.7 Å². The van der Waals surface area contributed by atoms with E-state index < -0.39 is 0 Å².